The highest BCUT2D eigenvalue weighted by Gasteiger charge is 2.08. The lowest BCUT2D eigenvalue weighted by atomic mass is 10.1. The van der Waals surface area contributed by atoms with Crippen LogP contribution in [0.25, 0.3) is 0 Å². The molecule has 0 unspecified atom stereocenters. The SMILES string of the molecule is CCC#CCCCCCCCCCCOC(C)(C)C. The van der Waals surface area contributed by atoms with Gasteiger partial charge in [-0.2, -0.15) is 0 Å². The van der Waals surface area contributed by atoms with Crippen LogP contribution in [-0.4, -0.2) is 12.2 Å². The van der Waals surface area contributed by atoms with Crippen LogP contribution in [0.1, 0.15) is 91.9 Å². The molecule has 0 saturated carbocycles. The Morgan fingerprint density at radius 2 is 1.26 bits per heavy atom. The van der Waals surface area contributed by atoms with Crippen LogP contribution < -0.4 is 0 Å². The van der Waals surface area contributed by atoms with E-state index >= 15 is 0 Å². The molecule has 0 spiro atoms. The van der Waals surface area contributed by atoms with E-state index < -0.39 is 0 Å². The molecule has 0 bridgehead atoms. The average Bonchev–Trinajstić information content (AvgIpc) is 2.34. The fourth-order valence-electron chi connectivity index (χ4n) is 1.97. The lowest BCUT2D eigenvalue weighted by Crippen LogP contribution is -2.19. The highest BCUT2D eigenvalue weighted by atomic mass is 16.5. The third kappa shape index (κ3) is 17.5. The first-order chi connectivity index (χ1) is 9.06. The summed E-state index contributed by atoms with van der Waals surface area (Å²) in [7, 11) is 0. The van der Waals surface area contributed by atoms with Crippen LogP contribution in [0.5, 0.6) is 0 Å². The fraction of sp³-hybridized carbons (Fsp3) is 0.889. The number of ether oxygens (including phenoxy) is 1. The van der Waals surface area contributed by atoms with E-state index in [1.165, 1.54) is 51.4 Å². The number of rotatable bonds is 10. The lowest BCUT2D eigenvalue weighted by molar-refractivity contribution is -0.00474. The maximum atomic E-state index is 5.71. The van der Waals surface area contributed by atoms with Crippen molar-refractivity contribution < 1.29 is 4.74 Å². The van der Waals surface area contributed by atoms with E-state index in [-0.39, 0.29) is 5.60 Å². The van der Waals surface area contributed by atoms with Gasteiger partial charge in [0.1, 0.15) is 0 Å². The second-order valence-electron chi connectivity index (χ2n) is 6.25. The van der Waals surface area contributed by atoms with Crippen LogP contribution in [0, 0.1) is 11.8 Å². The van der Waals surface area contributed by atoms with Crippen molar-refractivity contribution in [3.63, 3.8) is 0 Å². The summed E-state index contributed by atoms with van der Waals surface area (Å²) in [6, 6.07) is 0. The van der Waals surface area contributed by atoms with Gasteiger partial charge < -0.3 is 4.74 Å². The summed E-state index contributed by atoms with van der Waals surface area (Å²) < 4.78 is 5.71. The Balaban J connectivity index is 3.07. The maximum absolute atomic E-state index is 5.71. The number of hydrogen-bond acceptors (Lipinski definition) is 1. The Kier molecular flexibility index (Phi) is 12.2. The van der Waals surface area contributed by atoms with Crippen molar-refractivity contribution in [2.45, 2.75) is 97.5 Å². The van der Waals surface area contributed by atoms with Gasteiger partial charge in [0.25, 0.3) is 0 Å². The third-order valence-corrected chi connectivity index (χ3v) is 3.03. The van der Waals surface area contributed by atoms with E-state index in [1.54, 1.807) is 0 Å². The predicted molar refractivity (Wildman–Crippen MR) is 85.3 cm³/mol. The zero-order valence-electron chi connectivity index (χ0n) is 13.7. The van der Waals surface area contributed by atoms with Crippen LogP contribution in [0.4, 0.5) is 0 Å². The van der Waals surface area contributed by atoms with Crippen LogP contribution in [-0.2, 0) is 4.74 Å². The van der Waals surface area contributed by atoms with Gasteiger partial charge in [-0.3, -0.25) is 0 Å². The topological polar surface area (TPSA) is 9.23 Å². The second kappa shape index (κ2) is 12.5. The molecule has 0 aliphatic rings. The Morgan fingerprint density at radius 3 is 1.79 bits per heavy atom. The maximum Gasteiger partial charge on any atom is 0.0598 e. The summed E-state index contributed by atoms with van der Waals surface area (Å²) in [5, 5.41) is 0. The molecule has 0 rings (SSSR count). The normalized spacial score (nSPS) is 11.2. The largest absolute Gasteiger partial charge is 0.376 e. The van der Waals surface area contributed by atoms with Crippen LogP contribution >= 0.6 is 0 Å². The molecule has 0 heterocycles. The number of unbranched alkanes of at least 4 members (excludes halogenated alkanes) is 8. The molecule has 1 heteroatoms. The van der Waals surface area contributed by atoms with Gasteiger partial charge in [-0.25, -0.2) is 0 Å². The fourth-order valence-corrected chi connectivity index (χ4v) is 1.97. The monoisotopic (exact) mass is 266 g/mol. The van der Waals surface area contributed by atoms with Crippen molar-refractivity contribution >= 4 is 0 Å². The highest BCUT2D eigenvalue weighted by Crippen LogP contribution is 2.11. The minimum atomic E-state index is 0.0284. The molecule has 0 amide bonds. The van der Waals surface area contributed by atoms with Gasteiger partial charge in [-0.15, -0.1) is 11.8 Å². The summed E-state index contributed by atoms with van der Waals surface area (Å²) in [6.45, 7) is 9.40. The smallest absolute Gasteiger partial charge is 0.0598 e. The number of hydrogen-bond donors (Lipinski definition) is 0. The van der Waals surface area contributed by atoms with Crippen molar-refractivity contribution in [1.29, 1.82) is 0 Å². The summed E-state index contributed by atoms with van der Waals surface area (Å²) >= 11 is 0. The molecule has 0 aromatic carbocycles. The zero-order valence-corrected chi connectivity index (χ0v) is 13.7. The Bertz CT molecular complexity index is 239. The summed E-state index contributed by atoms with van der Waals surface area (Å²) in [6.07, 6.45) is 12.8. The average molecular weight is 266 g/mol. The van der Waals surface area contributed by atoms with Gasteiger partial charge in [0.05, 0.1) is 5.60 Å². The Hall–Kier alpha value is -0.480. The van der Waals surface area contributed by atoms with Crippen molar-refractivity contribution in [3.8, 4) is 11.8 Å². The van der Waals surface area contributed by atoms with Gasteiger partial charge >= 0.3 is 0 Å². The van der Waals surface area contributed by atoms with E-state index in [2.05, 4.69) is 39.5 Å². The Labute approximate surface area is 121 Å². The molecule has 0 aliphatic heterocycles. The molecule has 0 atom stereocenters. The third-order valence-electron chi connectivity index (χ3n) is 3.03. The van der Waals surface area contributed by atoms with E-state index in [1.807, 2.05) is 0 Å². The summed E-state index contributed by atoms with van der Waals surface area (Å²) in [5.41, 5.74) is 0.0284. The van der Waals surface area contributed by atoms with Crippen molar-refractivity contribution in [2.75, 3.05) is 6.61 Å². The zero-order chi connectivity index (χ0) is 14.4. The first kappa shape index (κ1) is 18.5. The van der Waals surface area contributed by atoms with Crippen molar-refractivity contribution in [3.05, 3.63) is 0 Å². The van der Waals surface area contributed by atoms with E-state index in [0.717, 1.165) is 19.4 Å². The highest BCUT2D eigenvalue weighted by molar-refractivity contribution is 4.97. The van der Waals surface area contributed by atoms with Crippen LogP contribution in [0.15, 0.2) is 0 Å². The van der Waals surface area contributed by atoms with E-state index in [0.29, 0.717) is 0 Å². The molecule has 0 N–H and O–H groups in total. The molecule has 0 saturated heterocycles. The molecule has 0 aliphatic carbocycles. The van der Waals surface area contributed by atoms with E-state index in [4.69, 9.17) is 4.74 Å². The molecule has 1 nitrogen and oxygen atoms in total. The van der Waals surface area contributed by atoms with Crippen LogP contribution in [0.3, 0.4) is 0 Å². The molecular weight excluding hydrogens is 232 g/mol. The first-order valence-corrected chi connectivity index (χ1v) is 8.16. The Morgan fingerprint density at radius 1 is 0.737 bits per heavy atom. The second-order valence-corrected chi connectivity index (χ2v) is 6.25. The van der Waals surface area contributed by atoms with Crippen molar-refractivity contribution in [2.24, 2.45) is 0 Å². The molecule has 0 fully saturated rings. The molecule has 112 valence electrons. The summed E-state index contributed by atoms with van der Waals surface area (Å²) in [5.74, 6) is 6.34. The minimum Gasteiger partial charge on any atom is -0.376 e. The predicted octanol–water partition coefficient (Wildman–Crippen LogP) is 5.73. The van der Waals surface area contributed by atoms with Gasteiger partial charge in [0, 0.05) is 19.4 Å². The van der Waals surface area contributed by atoms with Gasteiger partial charge in [-0.05, 0) is 33.6 Å². The molecule has 19 heavy (non-hydrogen) atoms. The van der Waals surface area contributed by atoms with Gasteiger partial charge in [0.2, 0.25) is 0 Å². The van der Waals surface area contributed by atoms with Gasteiger partial charge in [0.15, 0.2) is 0 Å². The van der Waals surface area contributed by atoms with E-state index in [9.17, 15) is 0 Å². The molecular formula is C18H34O. The summed E-state index contributed by atoms with van der Waals surface area (Å²) in [4.78, 5) is 0. The quantitative estimate of drug-likeness (QED) is 0.362. The van der Waals surface area contributed by atoms with Crippen molar-refractivity contribution in [1.82, 2.24) is 0 Å². The molecule has 0 radical (unpaired) electrons. The lowest BCUT2D eigenvalue weighted by Gasteiger charge is -2.19. The molecule has 0 aromatic rings. The van der Waals surface area contributed by atoms with Gasteiger partial charge in [-0.1, -0.05) is 45.4 Å². The minimum absolute atomic E-state index is 0.0284. The molecule has 0 aromatic heterocycles. The standard InChI is InChI=1S/C18H34O/c1-5-6-7-8-9-10-11-12-13-14-15-16-17-19-18(2,3)4/h5,8-17H2,1-4H3. The van der Waals surface area contributed by atoms with Crippen LogP contribution in [0.2, 0.25) is 0 Å². The first-order valence-electron chi connectivity index (χ1n) is 8.16.